The Bertz CT molecular complexity index is 327. The molecule has 5 nitrogen and oxygen atoms in total. The van der Waals surface area contributed by atoms with Crippen LogP contribution in [-0.4, -0.2) is 38.4 Å². The standard InChI is InChI=1S/C16H28O5/c1-5-20-14(17)16(9-12(3)4,15(18)21-6-2)10-13-7-8-19-11-13/h12-13H,5-11H2,1-4H3. The number of hydrogen-bond donors (Lipinski definition) is 0. The molecule has 1 aliphatic rings. The van der Waals surface area contributed by atoms with Crippen LogP contribution < -0.4 is 0 Å². The van der Waals surface area contributed by atoms with Crippen LogP contribution in [0.5, 0.6) is 0 Å². The molecule has 0 aromatic heterocycles. The fourth-order valence-electron chi connectivity index (χ4n) is 2.97. The van der Waals surface area contributed by atoms with Crippen molar-refractivity contribution in [2.75, 3.05) is 26.4 Å². The first kappa shape index (κ1) is 18.0. The largest absolute Gasteiger partial charge is 0.465 e. The summed E-state index contributed by atoms with van der Waals surface area (Å²) >= 11 is 0. The zero-order valence-corrected chi connectivity index (χ0v) is 13.6. The van der Waals surface area contributed by atoms with Gasteiger partial charge in [0.15, 0.2) is 5.41 Å². The summed E-state index contributed by atoms with van der Waals surface area (Å²) in [5.74, 6) is -0.508. The highest BCUT2D eigenvalue weighted by Gasteiger charge is 2.50. The van der Waals surface area contributed by atoms with E-state index in [4.69, 9.17) is 14.2 Å². The predicted octanol–water partition coefficient (Wildman–Crippen LogP) is 2.57. The molecule has 21 heavy (non-hydrogen) atoms. The average molecular weight is 300 g/mol. The molecule has 0 aromatic carbocycles. The van der Waals surface area contributed by atoms with Crippen molar-refractivity contribution in [2.24, 2.45) is 17.3 Å². The van der Waals surface area contributed by atoms with E-state index in [-0.39, 0.29) is 25.0 Å². The van der Waals surface area contributed by atoms with Crippen molar-refractivity contribution in [3.8, 4) is 0 Å². The molecule has 1 saturated heterocycles. The van der Waals surface area contributed by atoms with Gasteiger partial charge in [0.25, 0.3) is 0 Å². The maximum atomic E-state index is 12.5. The topological polar surface area (TPSA) is 61.8 Å². The highest BCUT2D eigenvalue weighted by atomic mass is 16.6. The molecule has 0 aliphatic carbocycles. The minimum absolute atomic E-state index is 0.195. The summed E-state index contributed by atoms with van der Waals surface area (Å²) < 4.78 is 15.8. The monoisotopic (exact) mass is 300 g/mol. The Morgan fingerprint density at radius 1 is 1.19 bits per heavy atom. The maximum Gasteiger partial charge on any atom is 0.323 e. The van der Waals surface area contributed by atoms with E-state index in [9.17, 15) is 9.59 Å². The van der Waals surface area contributed by atoms with Gasteiger partial charge in [0.1, 0.15) is 0 Å². The number of ether oxygens (including phenoxy) is 3. The minimum Gasteiger partial charge on any atom is -0.465 e. The van der Waals surface area contributed by atoms with Crippen molar-refractivity contribution in [1.82, 2.24) is 0 Å². The number of esters is 2. The lowest BCUT2D eigenvalue weighted by Gasteiger charge is -2.32. The van der Waals surface area contributed by atoms with Crippen LogP contribution in [0.4, 0.5) is 0 Å². The average Bonchev–Trinajstić information content (AvgIpc) is 2.90. The van der Waals surface area contributed by atoms with Gasteiger partial charge in [0.2, 0.25) is 0 Å². The minimum atomic E-state index is -1.20. The molecule has 0 aromatic rings. The molecule has 122 valence electrons. The van der Waals surface area contributed by atoms with Gasteiger partial charge in [-0.25, -0.2) is 0 Å². The normalized spacial score (nSPS) is 18.8. The Balaban J connectivity index is 3.04. The number of carbonyl (C=O) groups is 2. The van der Waals surface area contributed by atoms with E-state index in [1.54, 1.807) is 13.8 Å². The van der Waals surface area contributed by atoms with Gasteiger partial charge in [-0.3, -0.25) is 9.59 Å². The van der Waals surface area contributed by atoms with Gasteiger partial charge in [-0.15, -0.1) is 0 Å². The van der Waals surface area contributed by atoms with Gasteiger partial charge in [-0.2, -0.15) is 0 Å². The summed E-state index contributed by atoms with van der Waals surface area (Å²) in [5, 5.41) is 0. The molecule has 0 N–H and O–H groups in total. The summed E-state index contributed by atoms with van der Waals surface area (Å²) in [7, 11) is 0. The molecule has 0 bridgehead atoms. The van der Waals surface area contributed by atoms with Gasteiger partial charge in [-0.1, -0.05) is 13.8 Å². The van der Waals surface area contributed by atoms with Gasteiger partial charge in [-0.05, 0) is 44.9 Å². The number of hydrogen-bond acceptors (Lipinski definition) is 5. The molecule has 1 atom stereocenters. The lowest BCUT2D eigenvalue weighted by molar-refractivity contribution is -0.175. The smallest absolute Gasteiger partial charge is 0.323 e. The Morgan fingerprint density at radius 2 is 1.76 bits per heavy atom. The summed E-state index contributed by atoms with van der Waals surface area (Å²) in [6.07, 6.45) is 1.77. The van der Waals surface area contributed by atoms with Crippen LogP contribution in [0.15, 0.2) is 0 Å². The first-order chi connectivity index (χ1) is 9.96. The Kier molecular flexibility index (Phi) is 7.15. The first-order valence-electron chi connectivity index (χ1n) is 7.88. The molecule has 0 radical (unpaired) electrons. The van der Waals surface area contributed by atoms with E-state index in [0.717, 1.165) is 6.42 Å². The second kappa shape index (κ2) is 8.37. The second-order valence-corrected chi connectivity index (χ2v) is 6.05. The number of rotatable bonds is 8. The van der Waals surface area contributed by atoms with Gasteiger partial charge in [0, 0.05) is 13.2 Å². The Morgan fingerprint density at radius 3 is 2.14 bits per heavy atom. The summed E-state index contributed by atoms with van der Waals surface area (Å²) in [6.45, 7) is 9.31. The molecule has 5 heteroatoms. The molecule has 1 aliphatic heterocycles. The zero-order chi connectivity index (χ0) is 15.9. The van der Waals surface area contributed by atoms with E-state index in [2.05, 4.69) is 0 Å². The van der Waals surface area contributed by atoms with Crippen molar-refractivity contribution < 1.29 is 23.8 Å². The van der Waals surface area contributed by atoms with Crippen molar-refractivity contribution in [3.63, 3.8) is 0 Å². The van der Waals surface area contributed by atoms with E-state index in [0.29, 0.717) is 26.1 Å². The van der Waals surface area contributed by atoms with Crippen LogP contribution in [0.2, 0.25) is 0 Å². The van der Waals surface area contributed by atoms with Crippen LogP contribution in [-0.2, 0) is 23.8 Å². The van der Waals surface area contributed by atoms with Gasteiger partial charge in [0.05, 0.1) is 13.2 Å². The van der Waals surface area contributed by atoms with Crippen LogP contribution in [0.3, 0.4) is 0 Å². The molecular weight excluding hydrogens is 272 g/mol. The maximum absolute atomic E-state index is 12.5. The van der Waals surface area contributed by atoms with Crippen LogP contribution >= 0.6 is 0 Å². The van der Waals surface area contributed by atoms with E-state index >= 15 is 0 Å². The van der Waals surface area contributed by atoms with E-state index in [1.165, 1.54) is 0 Å². The van der Waals surface area contributed by atoms with E-state index < -0.39 is 17.4 Å². The summed E-state index contributed by atoms with van der Waals surface area (Å²) in [4.78, 5) is 25.1. The molecule has 0 amide bonds. The van der Waals surface area contributed by atoms with Crippen LogP contribution in [0.1, 0.15) is 47.0 Å². The first-order valence-corrected chi connectivity index (χ1v) is 7.88. The molecular formula is C16H28O5. The summed E-state index contributed by atoms with van der Waals surface area (Å²) in [5.41, 5.74) is -1.20. The highest BCUT2D eigenvalue weighted by molar-refractivity contribution is 6.00. The van der Waals surface area contributed by atoms with Crippen molar-refractivity contribution in [2.45, 2.75) is 47.0 Å². The fourth-order valence-corrected chi connectivity index (χ4v) is 2.97. The predicted molar refractivity (Wildman–Crippen MR) is 78.7 cm³/mol. The fraction of sp³-hybridized carbons (Fsp3) is 0.875. The third-order valence-corrected chi connectivity index (χ3v) is 3.75. The van der Waals surface area contributed by atoms with Gasteiger partial charge < -0.3 is 14.2 Å². The third-order valence-electron chi connectivity index (χ3n) is 3.75. The molecule has 1 rings (SSSR count). The lowest BCUT2D eigenvalue weighted by Crippen LogP contribution is -2.44. The van der Waals surface area contributed by atoms with E-state index in [1.807, 2.05) is 13.8 Å². The SMILES string of the molecule is CCOC(=O)C(CC(C)C)(CC1CCOC1)C(=O)OCC. The highest BCUT2D eigenvalue weighted by Crippen LogP contribution is 2.39. The lowest BCUT2D eigenvalue weighted by atomic mass is 9.73. The van der Waals surface area contributed by atoms with Crippen LogP contribution in [0, 0.1) is 17.3 Å². The zero-order valence-electron chi connectivity index (χ0n) is 13.6. The van der Waals surface area contributed by atoms with Crippen LogP contribution in [0.25, 0.3) is 0 Å². The Labute approximate surface area is 127 Å². The quantitative estimate of drug-likeness (QED) is 0.509. The molecule has 1 heterocycles. The third kappa shape index (κ3) is 4.70. The summed E-state index contributed by atoms with van der Waals surface area (Å²) in [6, 6.07) is 0. The van der Waals surface area contributed by atoms with Gasteiger partial charge >= 0.3 is 11.9 Å². The van der Waals surface area contributed by atoms with Crippen molar-refractivity contribution >= 4 is 11.9 Å². The molecule has 0 saturated carbocycles. The van der Waals surface area contributed by atoms with Crippen molar-refractivity contribution in [3.05, 3.63) is 0 Å². The molecule has 0 spiro atoms. The number of carbonyl (C=O) groups excluding carboxylic acids is 2. The second-order valence-electron chi connectivity index (χ2n) is 6.05. The van der Waals surface area contributed by atoms with Crippen molar-refractivity contribution in [1.29, 1.82) is 0 Å². The Hall–Kier alpha value is -1.10. The molecule has 1 unspecified atom stereocenters. The molecule has 1 fully saturated rings.